The number of hydrogen-bond donors (Lipinski definition) is 2. The van der Waals surface area contributed by atoms with Crippen LogP contribution in [0.2, 0.25) is 0 Å². The summed E-state index contributed by atoms with van der Waals surface area (Å²) in [5.41, 5.74) is -3.16. The average Bonchev–Trinajstić information content (AvgIpc) is 3.55. The standard InChI is InChI=1S/C47H63FO8/c1-25-16-17-44(6)30(18-25)8-11-33-35-20-28(4)47(54,45(35,7)23-36(50)46(33,44)48)37(51)24-55-39(52)14-15-40(53)56-38-13-12-34-42-26(2)19-29-21-31(49)9-10-32(29)41(42)27(3)22-43(34,38)5/h16-18,21,26-28,32-36,38,41-42,50,54H,1,8-15,19-20,22-24H2,2-7H3. The maximum atomic E-state index is 17.6. The van der Waals surface area contributed by atoms with E-state index in [2.05, 4.69) is 27.4 Å². The molecule has 16 unspecified atom stereocenters. The Kier molecular flexibility index (Phi) is 9.67. The van der Waals surface area contributed by atoms with Crippen LogP contribution in [-0.4, -0.2) is 63.8 Å². The Morgan fingerprint density at radius 2 is 1.64 bits per heavy atom. The van der Waals surface area contributed by atoms with Crippen molar-refractivity contribution in [2.75, 3.05) is 6.61 Å². The fraction of sp³-hybridized carbons (Fsp3) is 0.745. The molecule has 0 radical (unpaired) electrons. The highest BCUT2D eigenvalue weighted by Crippen LogP contribution is 2.71. The van der Waals surface area contributed by atoms with Gasteiger partial charge in [0.05, 0.1) is 18.9 Å². The van der Waals surface area contributed by atoms with E-state index in [4.69, 9.17) is 9.47 Å². The number of aliphatic hydroxyl groups excluding tert-OH is 1. The maximum absolute atomic E-state index is 17.6. The second-order valence-corrected chi connectivity index (χ2v) is 20.4. The number of ether oxygens (including phenoxy) is 2. The minimum absolute atomic E-state index is 0.103. The molecule has 16 atom stereocenters. The Labute approximate surface area is 331 Å². The van der Waals surface area contributed by atoms with E-state index in [9.17, 15) is 29.4 Å². The van der Waals surface area contributed by atoms with Gasteiger partial charge in [0.1, 0.15) is 11.7 Å². The van der Waals surface area contributed by atoms with Gasteiger partial charge in [-0.2, -0.15) is 0 Å². The summed E-state index contributed by atoms with van der Waals surface area (Å²) in [4.78, 5) is 52.5. The van der Waals surface area contributed by atoms with Gasteiger partial charge in [0, 0.05) is 28.6 Å². The highest BCUT2D eigenvalue weighted by molar-refractivity contribution is 5.92. The number of rotatable bonds is 7. The van der Waals surface area contributed by atoms with Gasteiger partial charge >= 0.3 is 11.9 Å². The molecule has 0 aromatic rings. The number of carbonyl (C=O) groups excluding carboxylic acids is 4. The fourth-order valence-electron chi connectivity index (χ4n) is 15.3. The number of esters is 2. The zero-order valence-electron chi connectivity index (χ0n) is 34.3. The first-order chi connectivity index (χ1) is 26.3. The Balaban J connectivity index is 0.874. The third-order valence-corrected chi connectivity index (χ3v) is 17.8. The summed E-state index contributed by atoms with van der Waals surface area (Å²) in [5, 5.41) is 24.0. The molecule has 0 spiro atoms. The molecule has 0 heterocycles. The van der Waals surface area contributed by atoms with Gasteiger partial charge in [0.2, 0.25) is 5.78 Å². The number of fused-ring (bicyclic) bond motifs is 10. The Morgan fingerprint density at radius 1 is 0.911 bits per heavy atom. The van der Waals surface area contributed by atoms with Crippen molar-refractivity contribution in [2.45, 2.75) is 142 Å². The van der Waals surface area contributed by atoms with Crippen molar-refractivity contribution in [1.29, 1.82) is 0 Å². The first kappa shape index (κ1) is 39.9. The quantitative estimate of drug-likeness (QED) is 0.252. The summed E-state index contributed by atoms with van der Waals surface area (Å²) in [6.07, 6.45) is 12.1. The second kappa shape index (κ2) is 13.6. The summed E-state index contributed by atoms with van der Waals surface area (Å²) in [6, 6.07) is 0. The van der Waals surface area contributed by atoms with Gasteiger partial charge in [-0.15, -0.1) is 0 Å². The molecule has 6 saturated carbocycles. The molecule has 56 heavy (non-hydrogen) atoms. The molecule has 2 N–H and O–H groups in total. The van der Waals surface area contributed by atoms with Gasteiger partial charge < -0.3 is 19.7 Å². The number of ketones is 2. The molecule has 8 aliphatic rings. The van der Waals surface area contributed by atoms with Gasteiger partial charge in [-0.1, -0.05) is 70.6 Å². The van der Waals surface area contributed by atoms with Gasteiger partial charge in [-0.05, 0) is 124 Å². The van der Waals surface area contributed by atoms with Crippen molar-refractivity contribution in [2.24, 2.45) is 69.5 Å². The van der Waals surface area contributed by atoms with Crippen LogP contribution in [-0.2, 0) is 28.7 Å². The zero-order chi connectivity index (χ0) is 40.3. The number of aliphatic hydroxyl groups is 2. The summed E-state index contributed by atoms with van der Waals surface area (Å²) in [6.45, 7) is 15.7. The lowest BCUT2D eigenvalue weighted by atomic mass is 9.44. The molecule has 6 fully saturated rings. The van der Waals surface area contributed by atoms with Gasteiger partial charge in [0.25, 0.3) is 0 Å². The number of carbonyl (C=O) groups is 4. The number of alkyl halides is 1. The summed E-state index contributed by atoms with van der Waals surface area (Å²) in [5.74, 6) is -0.202. The van der Waals surface area contributed by atoms with Crippen molar-refractivity contribution in [3.63, 3.8) is 0 Å². The van der Waals surface area contributed by atoms with Crippen LogP contribution in [0.1, 0.15) is 119 Å². The molecule has 9 heteroatoms. The van der Waals surface area contributed by atoms with E-state index >= 15 is 4.39 Å². The number of allylic oxidation sites excluding steroid dienone is 6. The average molecular weight is 775 g/mol. The third kappa shape index (κ3) is 5.54. The van der Waals surface area contributed by atoms with E-state index in [1.165, 1.54) is 5.57 Å². The smallest absolute Gasteiger partial charge is 0.306 e. The first-order valence-electron chi connectivity index (χ1n) is 21.6. The predicted octanol–water partition coefficient (Wildman–Crippen LogP) is 7.76. The molecular weight excluding hydrogens is 712 g/mol. The van der Waals surface area contributed by atoms with Crippen LogP contribution in [0.15, 0.2) is 47.6 Å². The summed E-state index contributed by atoms with van der Waals surface area (Å²) in [7, 11) is 0. The van der Waals surface area contributed by atoms with Crippen LogP contribution in [0.3, 0.4) is 0 Å². The normalized spacial score (nSPS) is 48.9. The molecule has 8 rings (SSSR count). The highest BCUT2D eigenvalue weighted by Gasteiger charge is 2.75. The second-order valence-electron chi connectivity index (χ2n) is 20.4. The van der Waals surface area contributed by atoms with Crippen LogP contribution in [0.5, 0.6) is 0 Å². The highest BCUT2D eigenvalue weighted by atomic mass is 19.1. The van der Waals surface area contributed by atoms with Crippen molar-refractivity contribution < 1.29 is 43.3 Å². The lowest BCUT2D eigenvalue weighted by molar-refractivity contribution is -0.219. The lowest BCUT2D eigenvalue weighted by Crippen LogP contribution is -2.69. The SMILES string of the molecule is C=C1C=CC2(C)C(=C1)CCC1C3CC(C)C(O)(C(=O)COC(=O)CCC(=O)OC4CCC5C6C(C)CC7=CC(=O)CCC7C6C(C)CC45C)C3(C)CC(O)C12F. The number of Topliss-reactive ketones (excluding diaryl/α,β-unsaturated/α-hetero) is 1. The van der Waals surface area contributed by atoms with Gasteiger partial charge in [-0.3, -0.25) is 19.2 Å². The third-order valence-electron chi connectivity index (χ3n) is 17.8. The molecule has 0 amide bonds. The molecule has 0 bridgehead atoms. The summed E-state index contributed by atoms with van der Waals surface area (Å²) < 4.78 is 29.2. The number of halogens is 1. The molecule has 0 aromatic heterocycles. The van der Waals surface area contributed by atoms with Crippen molar-refractivity contribution >= 4 is 23.5 Å². The monoisotopic (exact) mass is 774 g/mol. The van der Waals surface area contributed by atoms with Crippen LogP contribution < -0.4 is 0 Å². The van der Waals surface area contributed by atoms with E-state index in [0.29, 0.717) is 61.2 Å². The fourth-order valence-corrected chi connectivity index (χ4v) is 15.3. The van der Waals surface area contributed by atoms with Crippen LogP contribution in [0.25, 0.3) is 0 Å². The van der Waals surface area contributed by atoms with E-state index in [0.717, 1.165) is 43.3 Å². The van der Waals surface area contributed by atoms with Crippen molar-refractivity contribution in [3.8, 4) is 0 Å². The molecule has 8 aliphatic carbocycles. The molecule has 306 valence electrons. The first-order valence-corrected chi connectivity index (χ1v) is 21.6. The molecular formula is C47H63FO8. The number of hydrogen-bond acceptors (Lipinski definition) is 8. The van der Waals surface area contributed by atoms with Gasteiger partial charge in [-0.25, -0.2) is 4.39 Å². The van der Waals surface area contributed by atoms with E-state index in [1.54, 1.807) is 19.9 Å². The minimum atomic E-state index is -1.98. The minimum Gasteiger partial charge on any atom is -0.462 e. The largest absolute Gasteiger partial charge is 0.462 e. The molecule has 0 aliphatic heterocycles. The Morgan fingerprint density at radius 3 is 2.39 bits per heavy atom. The maximum Gasteiger partial charge on any atom is 0.306 e. The predicted molar refractivity (Wildman–Crippen MR) is 208 cm³/mol. The lowest BCUT2D eigenvalue weighted by Gasteiger charge is -2.62. The Bertz CT molecular complexity index is 1810. The van der Waals surface area contributed by atoms with Crippen molar-refractivity contribution in [3.05, 3.63) is 47.6 Å². The molecule has 8 nitrogen and oxygen atoms in total. The van der Waals surface area contributed by atoms with E-state index in [1.807, 2.05) is 25.2 Å². The topological polar surface area (TPSA) is 127 Å². The van der Waals surface area contributed by atoms with E-state index in [-0.39, 0.29) is 42.5 Å². The van der Waals surface area contributed by atoms with Gasteiger partial charge in [0.15, 0.2) is 18.1 Å². The molecule has 0 saturated heterocycles. The zero-order valence-corrected chi connectivity index (χ0v) is 34.3. The molecule has 0 aromatic carbocycles. The van der Waals surface area contributed by atoms with Crippen LogP contribution in [0, 0.1) is 69.5 Å². The van der Waals surface area contributed by atoms with Crippen LogP contribution in [0.4, 0.5) is 4.39 Å². The van der Waals surface area contributed by atoms with E-state index < -0.39 is 64.4 Å². The van der Waals surface area contributed by atoms with Crippen molar-refractivity contribution in [1.82, 2.24) is 0 Å². The summed E-state index contributed by atoms with van der Waals surface area (Å²) >= 11 is 0. The Hall–Kier alpha value is -2.91. The van der Waals surface area contributed by atoms with Crippen LogP contribution >= 0.6 is 0 Å².